The van der Waals surface area contributed by atoms with Crippen molar-refractivity contribution in [3.63, 3.8) is 0 Å². The molecule has 9 heteroatoms. The minimum atomic E-state index is -0.463. The van der Waals surface area contributed by atoms with Gasteiger partial charge in [0.2, 0.25) is 0 Å². The third kappa shape index (κ3) is 4.94. The van der Waals surface area contributed by atoms with Gasteiger partial charge in [0.1, 0.15) is 23.0 Å². The van der Waals surface area contributed by atoms with Crippen LogP contribution in [0.15, 0.2) is 92.8 Å². The lowest BCUT2D eigenvalue weighted by Gasteiger charge is -2.22. The Labute approximate surface area is 217 Å². The van der Waals surface area contributed by atoms with E-state index in [0.29, 0.717) is 58.2 Å². The van der Waals surface area contributed by atoms with Gasteiger partial charge >= 0.3 is 0 Å². The van der Waals surface area contributed by atoms with E-state index in [1.54, 1.807) is 72.8 Å². The first-order chi connectivity index (χ1) is 18.3. The summed E-state index contributed by atoms with van der Waals surface area (Å²) in [5.74, 6) is 1.57. The van der Waals surface area contributed by atoms with Crippen LogP contribution < -0.4 is 0 Å². The maximum atomic E-state index is 13.3. The van der Waals surface area contributed by atoms with Gasteiger partial charge in [-0.15, -0.1) is 0 Å². The Balaban J connectivity index is 1.42. The molecular formula is C29H22N2O7. The van der Waals surface area contributed by atoms with Crippen LogP contribution in [0.4, 0.5) is 11.4 Å². The number of nitro benzene ring substituents is 2. The first-order valence-corrected chi connectivity index (χ1v) is 11.9. The molecule has 1 aliphatic carbocycles. The van der Waals surface area contributed by atoms with Crippen molar-refractivity contribution >= 4 is 29.3 Å². The molecular weight excluding hydrogens is 488 g/mol. The van der Waals surface area contributed by atoms with E-state index < -0.39 is 9.85 Å². The van der Waals surface area contributed by atoms with Crippen LogP contribution >= 0.6 is 0 Å². The van der Waals surface area contributed by atoms with Crippen molar-refractivity contribution in [2.24, 2.45) is 5.92 Å². The van der Waals surface area contributed by atoms with Gasteiger partial charge in [0.05, 0.1) is 21.0 Å². The van der Waals surface area contributed by atoms with E-state index in [1.165, 1.54) is 12.1 Å². The number of rotatable bonds is 6. The summed E-state index contributed by atoms with van der Waals surface area (Å²) in [5, 5.41) is 22.8. The van der Waals surface area contributed by atoms with Crippen LogP contribution in [0.2, 0.25) is 0 Å². The molecule has 0 saturated heterocycles. The van der Waals surface area contributed by atoms with Crippen molar-refractivity contribution in [1.82, 2.24) is 0 Å². The average Bonchev–Trinajstić information content (AvgIpc) is 3.56. The maximum absolute atomic E-state index is 13.3. The van der Waals surface area contributed by atoms with E-state index in [2.05, 4.69) is 0 Å². The van der Waals surface area contributed by atoms with Crippen molar-refractivity contribution in [1.29, 1.82) is 0 Å². The summed E-state index contributed by atoms with van der Waals surface area (Å²) in [4.78, 5) is 35.1. The van der Waals surface area contributed by atoms with Crippen LogP contribution in [0.1, 0.15) is 31.3 Å². The molecule has 0 radical (unpaired) electrons. The van der Waals surface area contributed by atoms with E-state index >= 15 is 0 Å². The summed E-state index contributed by atoms with van der Waals surface area (Å²) in [7, 11) is 0. The number of allylic oxidation sites excluding steroid dienone is 2. The van der Waals surface area contributed by atoms with E-state index in [4.69, 9.17) is 8.83 Å². The molecule has 1 saturated carbocycles. The fraction of sp³-hybridized carbons (Fsp3) is 0.138. The molecule has 0 bridgehead atoms. The fourth-order valence-electron chi connectivity index (χ4n) is 4.64. The van der Waals surface area contributed by atoms with Gasteiger partial charge in [0.15, 0.2) is 5.78 Å². The Morgan fingerprint density at radius 2 is 1.13 bits per heavy atom. The topological polar surface area (TPSA) is 130 Å². The number of para-hydroxylation sites is 2. The molecule has 38 heavy (non-hydrogen) atoms. The van der Waals surface area contributed by atoms with Crippen molar-refractivity contribution in [3.05, 3.63) is 116 Å². The zero-order chi connectivity index (χ0) is 26.8. The zero-order valence-electron chi connectivity index (χ0n) is 20.3. The molecule has 0 amide bonds. The second-order valence-corrected chi connectivity index (χ2v) is 9.13. The van der Waals surface area contributed by atoms with Crippen LogP contribution in [0.3, 0.4) is 0 Å². The molecule has 2 heterocycles. The monoisotopic (exact) mass is 510 g/mol. The van der Waals surface area contributed by atoms with Gasteiger partial charge in [-0.25, -0.2) is 0 Å². The van der Waals surface area contributed by atoms with Crippen molar-refractivity contribution in [3.8, 4) is 22.6 Å². The average molecular weight is 511 g/mol. The summed E-state index contributed by atoms with van der Waals surface area (Å²) in [6, 6.07) is 19.3. The number of ketones is 1. The first-order valence-electron chi connectivity index (χ1n) is 11.9. The Kier molecular flexibility index (Phi) is 6.57. The van der Waals surface area contributed by atoms with Gasteiger partial charge < -0.3 is 8.83 Å². The standard InChI is InChI=1S/C29H22N2O7/c1-18-14-19(16-21-10-12-27(37-21)23-6-2-4-8-25(23)30(33)34)29(32)20(15-18)17-22-11-13-28(38-22)24-7-3-5-9-26(24)31(35)36/h2-13,16-18H,14-15H2,1H3. The number of hydrogen-bond donors (Lipinski definition) is 0. The van der Waals surface area contributed by atoms with Gasteiger partial charge in [-0.2, -0.15) is 0 Å². The van der Waals surface area contributed by atoms with Crippen LogP contribution in [0.5, 0.6) is 0 Å². The molecule has 4 aromatic rings. The third-order valence-corrected chi connectivity index (χ3v) is 6.34. The number of carbonyl (C=O) groups is 1. The molecule has 0 aliphatic heterocycles. The molecule has 1 aliphatic rings. The second kappa shape index (κ2) is 10.1. The number of hydrogen-bond acceptors (Lipinski definition) is 7. The number of carbonyl (C=O) groups excluding carboxylic acids is 1. The second-order valence-electron chi connectivity index (χ2n) is 9.13. The fourth-order valence-corrected chi connectivity index (χ4v) is 4.64. The quantitative estimate of drug-likeness (QED) is 0.149. The zero-order valence-corrected chi connectivity index (χ0v) is 20.3. The summed E-state index contributed by atoms with van der Waals surface area (Å²) < 4.78 is 11.7. The summed E-state index contributed by atoms with van der Waals surface area (Å²) in [5.41, 5.74) is 1.71. The number of furan rings is 2. The van der Waals surface area contributed by atoms with Crippen molar-refractivity contribution in [2.45, 2.75) is 19.8 Å². The van der Waals surface area contributed by atoms with Gasteiger partial charge in [0, 0.05) is 23.3 Å². The Morgan fingerprint density at radius 3 is 1.55 bits per heavy atom. The predicted molar refractivity (Wildman–Crippen MR) is 141 cm³/mol. The van der Waals surface area contributed by atoms with E-state index in [0.717, 1.165) is 0 Å². The number of nitrogens with zero attached hydrogens (tertiary/aromatic N) is 2. The van der Waals surface area contributed by atoms with Crippen molar-refractivity contribution in [2.75, 3.05) is 0 Å². The highest BCUT2D eigenvalue weighted by atomic mass is 16.6. The highest BCUT2D eigenvalue weighted by molar-refractivity contribution is 6.13. The minimum Gasteiger partial charge on any atom is -0.456 e. The number of nitro groups is 2. The summed E-state index contributed by atoms with van der Waals surface area (Å²) in [6.45, 7) is 2.04. The van der Waals surface area contributed by atoms with Gasteiger partial charge in [-0.1, -0.05) is 31.2 Å². The lowest BCUT2D eigenvalue weighted by atomic mass is 9.81. The van der Waals surface area contributed by atoms with E-state index in [9.17, 15) is 25.0 Å². The smallest absolute Gasteiger partial charge is 0.280 e. The highest BCUT2D eigenvalue weighted by Crippen LogP contribution is 2.36. The van der Waals surface area contributed by atoms with Gasteiger partial charge in [-0.05, 0) is 67.3 Å². The Bertz CT molecular complexity index is 1510. The maximum Gasteiger partial charge on any atom is 0.280 e. The van der Waals surface area contributed by atoms with Crippen LogP contribution in [-0.4, -0.2) is 15.6 Å². The molecule has 0 N–H and O–H groups in total. The lowest BCUT2D eigenvalue weighted by molar-refractivity contribution is -0.384. The molecule has 1 fully saturated rings. The Morgan fingerprint density at radius 1 is 0.711 bits per heavy atom. The molecule has 190 valence electrons. The molecule has 0 spiro atoms. The predicted octanol–water partition coefficient (Wildman–Crippen LogP) is 7.49. The van der Waals surface area contributed by atoms with Crippen LogP contribution in [0.25, 0.3) is 34.8 Å². The molecule has 9 nitrogen and oxygen atoms in total. The first kappa shape index (κ1) is 24.6. The molecule has 0 atom stereocenters. The van der Waals surface area contributed by atoms with Gasteiger partial charge in [-0.3, -0.25) is 25.0 Å². The third-order valence-electron chi connectivity index (χ3n) is 6.34. The minimum absolute atomic E-state index is 0.0627. The van der Waals surface area contributed by atoms with Crippen LogP contribution in [-0.2, 0) is 4.79 Å². The molecule has 2 aromatic carbocycles. The largest absolute Gasteiger partial charge is 0.456 e. The number of benzene rings is 2. The van der Waals surface area contributed by atoms with E-state index in [-0.39, 0.29) is 23.1 Å². The SMILES string of the molecule is CC1CC(=Cc2ccc(-c3ccccc3[N+](=O)[O-])o2)C(=O)C(=Cc2ccc(-c3ccccc3[N+](=O)[O-])o2)C1. The van der Waals surface area contributed by atoms with Crippen LogP contribution in [0, 0.1) is 26.1 Å². The molecule has 5 rings (SSSR count). The lowest BCUT2D eigenvalue weighted by Crippen LogP contribution is -2.18. The summed E-state index contributed by atoms with van der Waals surface area (Å²) >= 11 is 0. The van der Waals surface area contributed by atoms with Gasteiger partial charge in [0.25, 0.3) is 11.4 Å². The Hall–Kier alpha value is -5.05. The normalized spacial score (nSPS) is 17.7. The molecule has 2 aromatic heterocycles. The number of Topliss-reactive ketones (excluding diaryl/α,β-unsaturated/α-hetero) is 1. The van der Waals surface area contributed by atoms with E-state index in [1.807, 2.05) is 6.92 Å². The molecule has 0 unspecified atom stereocenters. The summed E-state index contributed by atoms with van der Waals surface area (Å²) in [6.07, 6.45) is 4.45. The highest BCUT2D eigenvalue weighted by Gasteiger charge is 2.27. The van der Waals surface area contributed by atoms with Crippen molar-refractivity contribution < 1.29 is 23.5 Å².